The molecule has 1 aliphatic carbocycles. The maximum atomic E-state index is 13.0. The minimum atomic E-state index is -0.182. The van der Waals surface area contributed by atoms with Crippen molar-refractivity contribution in [2.24, 2.45) is 11.8 Å². The Labute approximate surface area is 164 Å². The lowest BCUT2D eigenvalue weighted by Crippen LogP contribution is -2.40. The minimum Gasteiger partial charge on any atom is -0.333 e. The van der Waals surface area contributed by atoms with Gasteiger partial charge in [0.15, 0.2) is 5.13 Å². The summed E-state index contributed by atoms with van der Waals surface area (Å²) in [6.45, 7) is 6.90. The molecule has 1 aromatic heterocycles. The third-order valence-corrected chi connectivity index (χ3v) is 5.65. The normalized spacial score (nSPS) is 18.4. The molecule has 6 heteroatoms. The van der Waals surface area contributed by atoms with Crippen LogP contribution < -0.4 is 5.32 Å². The van der Waals surface area contributed by atoms with E-state index in [9.17, 15) is 9.59 Å². The number of carbonyl (C=O) groups excluding carboxylic acids is 2. The first-order chi connectivity index (χ1) is 12.9. The number of hydrogen-bond donors (Lipinski definition) is 1. The summed E-state index contributed by atoms with van der Waals surface area (Å²) in [4.78, 5) is 32.4. The van der Waals surface area contributed by atoms with Gasteiger partial charge in [-0.3, -0.25) is 9.59 Å². The van der Waals surface area contributed by atoms with Crippen LogP contribution in [0.3, 0.4) is 0 Å². The molecule has 2 amide bonds. The van der Waals surface area contributed by atoms with E-state index >= 15 is 0 Å². The Kier molecular flexibility index (Phi) is 6.26. The highest BCUT2D eigenvalue weighted by atomic mass is 32.1. The molecule has 1 fully saturated rings. The van der Waals surface area contributed by atoms with E-state index in [0.717, 1.165) is 17.7 Å². The molecule has 0 radical (unpaired) electrons. The van der Waals surface area contributed by atoms with Gasteiger partial charge in [-0.2, -0.15) is 0 Å². The first kappa shape index (κ1) is 19.5. The van der Waals surface area contributed by atoms with Crippen molar-refractivity contribution in [1.29, 1.82) is 0 Å². The van der Waals surface area contributed by atoms with Crippen LogP contribution in [0.25, 0.3) is 0 Å². The highest BCUT2D eigenvalue weighted by Gasteiger charge is 2.45. The Hall–Kier alpha value is -2.21. The van der Waals surface area contributed by atoms with Crippen LogP contribution in [0.1, 0.15) is 43.0 Å². The predicted molar refractivity (Wildman–Crippen MR) is 109 cm³/mol. The first-order valence-electron chi connectivity index (χ1n) is 9.50. The third kappa shape index (κ3) is 5.39. The summed E-state index contributed by atoms with van der Waals surface area (Å²) in [5, 5.41) is 3.40. The maximum absolute atomic E-state index is 13.0. The molecule has 0 saturated heterocycles. The van der Waals surface area contributed by atoms with Crippen LogP contribution in [0.2, 0.25) is 0 Å². The molecule has 2 unspecified atom stereocenters. The summed E-state index contributed by atoms with van der Waals surface area (Å²) in [6.07, 6.45) is 3.49. The average molecular weight is 386 g/mol. The van der Waals surface area contributed by atoms with Gasteiger partial charge >= 0.3 is 0 Å². The number of amides is 2. The summed E-state index contributed by atoms with van der Waals surface area (Å²) in [7, 11) is 0. The monoisotopic (exact) mass is 385 g/mol. The van der Waals surface area contributed by atoms with E-state index in [1.807, 2.05) is 25.1 Å². The number of anilines is 1. The Balaban J connectivity index is 1.62. The van der Waals surface area contributed by atoms with Gasteiger partial charge in [0.1, 0.15) is 0 Å². The predicted octanol–water partition coefficient (Wildman–Crippen LogP) is 4.07. The molecule has 0 bridgehead atoms. The zero-order valence-electron chi connectivity index (χ0n) is 16.1. The van der Waals surface area contributed by atoms with Crippen LogP contribution in [0, 0.1) is 18.8 Å². The topological polar surface area (TPSA) is 62.3 Å². The number of aryl methyl sites for hydroxylation is 1. The molecule has 1 aliphatic rings. The summed E-state index contributed by atoms with van der Waals surface area (Å²) in [5.74, 6) is 0.668. The van der Waals surface area contributed by atoms with Crippen LogP contribution in [0.5, 0.6) is 0 Å². The van der Waals surface area contributed by atoms with Gasteiger partial charge in [0.05, 0.1) is 6.54 Å². The van der Waals surface area contributed by atoms with E-state index in [-0.39, 0.29) is 30.2 Å². The maximum Gasteiger partial charge on any atom is 0.245 e. The summed E-state index contributed by atoms with van der Waals surface area (Å²) >= 11 is 1.44. The van der Waals surface area contributed by atoms with Crippen LogP contribution in [0.15, 0.2) is 36.5 Å². The second-order valence-electron chi connectivity index (χ2n) is 7.63. The molecule has 5 nitrogen and oxygen atoms in total. The quantitative estimate of drug-likeness (QED) is 0.745. The Bertz CT molecular complexity index is 788. The largest absolute Gasteiger partial charge is 0.333 e. The Morgan fingerprint density at radius 3 is 2.67 bits per heavy atom. The van der Waals surface area contributed by atoms with Crippen molar-refractivity contribution < 1.29 is 9.59 Å². The van der Waals surface area contributed by atoms with Crippen molar-refractivity contribution in [3.8, 4) is 0 Å². The molecule has 1 heterocycles. The SMILES string of the molecule is Cc1cnc(NC(=O)CN(CCC(C)C)C(=O)C2CC2c2ccccc2)s1. The lowest BCUT2D eigenvalue weighted by Gasteiger charge is -2.23. The summed E-state index contributed by atoms with van der Waals surface area (Å²) in [6, 6.07) is 10.2. The van der Waals surface area contributed by atoms with Crippen molar-refractivity contribution in [1.82, 2.24) is 9.88 Å². The zero-order chi connectivity index (χ0) is 19.4. The fourth-order valence-electron chi connectivity index (χ4n) is 3.20. The van der Waals surface area contributed by atoms with Gasteiger partial charge in [0.25, 0.3) is 0 Å². The van der Waals surface area contributed by atoms with E-state index < -0.39 is 0 Å². The average Bonchev–Trinajstić information content (AvgIpc) is 3.34. The van der Waals surface area contributed by atoms with E-state index in [0.29, 0.717) is 17.6 Å². The van der Waals surface area contributed by atoms with Crippen LogP contribution in [-0.2, 0) is 9.59 Å². The van der Waals surface area contributed by atoms with Crippen molar-refractivity contribution in [3.63, 3.8) is 0 Å². The lowest BCUT2D eigenvalue weighted by molar-refractivity contribution is -0.136. The molecule has 2 aromatic rings. The van der Waals surface area contributed by atoms with Crippen LogP contribution >= 0.6 is 11.3 Å². The second-order valence-corrected chi connectivity index (χ2v) is 8.86. The van der Waals surface area contributed by atoms with Gasteiger partial charge in [-0.25, -0.2) is 4.98 Å². The molecule has 3 rings (SSSR count). The zero-order valence-corrected chi connectivity index (χ0v) is 17.0. The molecule has 1 saturated carbocycles. The molecule has 1 N–H and O–H groups in total. The highest BCUT2D eigenvalue weighted by molar-refractivity contribution is 7.15. The van der Waals surface area contributed by atoms with Gasteiger partial charge in [-0.1, -0.05) is 44.2 Å². The number of aromatic nitrogens is 1. The van der Waals surface area contributed by atoms with E-state index in [1.165, 1.54) is 16.9 Å². The second kappa shape index (κ2) is 8.65. The highest BCUT2D eigenvalue weighted by Crippen LogP contribution is 2.48. The van der Waals surface area contributed by atoms with Crippen molar-refractivity contribution in [2.45, 2.75) is 39.5 Å². The number of rotatable bonds is 8. The molecule has 144 valence electrons. The van der Waals surface area contributed by atoms with Crippen molar-refractivity contribution in [3.05, 3.63) is 47.0 Å². The van der Waals surface area contributed by atoms with Gasteiger partial charge in [0, 0.05) is 23.5 Å². The molecule has 0 aliphatic heterocycles. The van der Waals surface area contributed by atoms with Crippen molar-refractivity contribution in [2.75, 3.05) is 18.4 Å². The molecule has 27 heavy (non-hydrogen) atoms. The van der Waals surface area contributed by atoms with Gasteiger partial charge in [-0.05, 0) is 37.2 Å². The number of benzene rings is 1. The fourth-order valence-corrected chi connectivity index (χ4v) is 3.88. The number of nitrogens with zero attached hydrogens (tertiary/aromatic N) is 2. The molecular formula is C21H27N3O2S. The van der Waals surface area contributed by atoms with E-state index in [1.54, 1.807) is 11.1 Å². The van der Waals surface area contributed by atoms with Gasteiger partial charge in [-0.15, -0.1) is 11.3 Å². The van der Waals surface area contributed by atoms with Crippen LogP contribution in [0.4, 0.5) is 5.13 Å². The molecule has 2 atom stereocenters. The van der Waals surface area contributed by atoms with E-state index in [2.05, 4.69) is 36.3 Å². The number of hydrogen-bond acceptors (Lipinski definition) is 4. The molecular weight excluding hydrogens is 358 g/mol. The van der Waals surface area contributed by atoms with E-state index in [4.69, 9.17) is 0 Å². The smallest absolute Gasteiger partial charge is 0.245 e. The Morgan fingerprint density at radius 1 is 1.30 bits per heavy atom. The number of carbonyl (C=O) groups is 2. The first-order valence-corrected chi connectivity index (χ1v) is 10.3. The lowest BCUT2D eigenvalue weighted by atomic mass is 10.1. The van der Waals surface area contributed by atoms with Crippen LogP contribution in [-0.4, -0.2) is 34.8 Å². The third-order valence-electron chi connectivity index (χ3n) is 4.83. The van der Waals surface area contributed by atoms with Gasteiger partial charge in [0.2, 0.25) is 11.8 Å². The summed E-state index contributed by atoms with van der Waals surface area (Å²) in [5.41, 5.74) is 1.21. The number of nitrogens with one attached hydrogen (secondary N) is 1. The fraction of sp³-hybridized carbons (Fsp3) is 0.476. The summed E-state index contributed by atoms with van der Waals surface area (Å²) < 4.78 is 0. The molecule has 1 aromatic carbocycles. The minimum absolute atomic E-state index is 0.00512. The standard InChI is InChI=1S/C21H27N3O2S/c1-14(2)9-10-24(13-19(25)23-21-22-12-15(3)27-21)20(26)18-11-17(18)16-7-5-4-6-8-16/h4-8,12,14,17-18H,9-11,13H2,1-3H3,(H,22,23,25). The van der Waals surface area contributed by atoms with Crippen molar-refractivity contribution >= 4 is 28.3 Å². The number of thiazole rings is 1. The Morgan fingerprint density at radius 2 is 2.04 bits per heavy atom. The molecule has 0 spiro atoms. The van der Waals surface area contributed by atoms with Gasteiger partial charge < -0.3 is 10.2 Å².